The number of unbranched alkanes of at least 4 members (excludes halogenated alkanes) is 2. The second-order valence-electron chi connectivity index (χ2n) is 9.68. The predicted octanol–water partition coefficient (Wildman–Crippen LogP) is 5.54. The van der Waals surface area contributed by atoms with Crippen molar-refractivity contribution in [3.8, 4) is 16.9 Å². The highest BCUT2D eigenvalue weighted by atomic mass is 28.3. The van der Waals surface area contributed by atoms with Crippen LogP contribution >= 0.6 is 0 Å². The Morgan fingerprint density at radius 3 is 1.74 bits per heavy atom. The molecule has 0 amide bonds. The Morgan fingerprint density at radius 2 is 1.15 bits per heavy atom. The third-order valence-corrected chi connectivity index (χ3v) is 12.3. The monoisotopic (exact) mass is 462 g/mol. The molecule has 2 heteroatoms. The minimum atomic E-state index is -2.43. The molecule has 0 fully saturated rings. The van der Waals surface area contributed by atoms with E-state index in [1.165, 1.54) is 61.4 Å². The van der Waals surface area contributed by atoms with Crippen LogP contribution in [0.15, 0.2) is 84.9 Å². The molecule has 1 aliphatic heterocycles. The zero-order valence-corrected chi connectivity index (χ0v) is 21.8. The molecule has 34 heavy (non-hydrogen) atoms. The molecule has 4 aromatic rings. The fourth-order valence-corrected chi connectivity index (χ4v) is 10.9. The van der Waals surface area contributed by atoms with E-state index in [4.69, 9.17) is 4.74 Å². The maximum Gasteiger partial charge on any atom is 0.180 e. The molecular formula is C32H34OSi. The molecule has 0 aliphatic carbocycles. The van der Waals surface area contributed by atoms with Gasteiger partial charge in [-0.25, -0.2) is 0 Å². The van der Waals surface area contributed by atoms with Gasteiger partial charge in [0.15, 0.2) is 8.07 Å². The summed E-state index contributed by atoms with van der Waals surface area (Å²) in [5.41, 5.74) is 6.69. The lowest BCUT2D eigenvalue weighted by molar-refractivity contribution is 0.304. The van der Waals surface area contributed by atoms with Crippen LogP contribution in [0.4, 0.5) is 0 Å². The van der Waals surface area contributed by atoms with E-state index in [0.29, 0.717) is 0 Å². The number of aryl methyl sites for hydroxylation is 3. The van der Waals surface area contributed by atoms with Gasteiger partial charge in [-0.1, -0.05) is 98.6 Å². The average molecular weight is 463 g/mol. The van der Waals surface area contributed by atoms with Gasteiger partial charge in [-0.3, -0.25) is 0 Å². The largest absolute Gasteiger partial charge is 0.493 e. The molecule has 0 saturated carbocycles. The lowest BCUT2D eigenvalue weighted by Crippen LogP contribution is -2.72. The van der Waals surface area contributed by atoms with Gasteiger partial charge in [0, 0.05) is 0 Å². The lowest BCUT2D eigenvalue weighted by atomic mass is 9.99. The second kappa shape index (κ2) is 9.27. The lowest BCUT2D eigenvalue weighted by Gasteiger charge is -2.32. The molecule has 0 aromatic heterocycles. The quantitative estimate of drug-likeness (QED) is 0.228. The zero-order chi connectivity index (χ0) is 23.7. The molecule has 1 heterocycles. The summed E-state index contributed by atoms with van der Waals surface area (Å²) in [4.78, 5) is 0. The number of fused-ring (bicyclic) bond motifs is 3. The first-order valence-corrected chi connectivity index (χ1v) is 14.6. The van der Waals surface area contributed by atoms with Crippen molar-refractivity contribution >= 4 is 28.8 Å². The van der Waals surface area contributed by atoms with Gasteiger partial charge < -0.3 is 4.74 Å². The molecule has 172 valence electrons. The van der Waals surface area contributed by atoms with Gasteiger partial charge in [0.1, 0.15) is 5.75 Å². The Morgan fingerprint density at radius 1 is 0.618 bits per heavy atom. The van der Waals surface area contributed by atoms with Crippen LogP contribution < -0.4 is 25.5 Å². The Balaban J connectivity index is 1.81. The van der Waals surface area contributed by atoms with Crippen LogP contribution in [-0.2, 0) is 0 Å². The molecule has 0 unspecified atom stereocenters. The van der Waals surface area contributed by atoms with Gasteiger partial charge in [-0.15, -0.1) is 0 Å². The van der Waals surface area contributed by atoms with Crippen LogP contribution in [0.3, 0.4) is 0 Å². The summed E-state index contributed by atoms with van der Waals surface area (Å²) in [7, 11) is -2.43. The standard InChI is InChI=1S/C32H34OSi/c1-5-6-13-18-33-30-22-29-28-19-23(2)24(3)20-31(28)34(32(29)21-25(30)4,26-14-9-7-10-15-26)27-16-11-8-12-17-27/h7-12,14-17,19-22H,5-6,13,18H2,1-4H3. The van der Waals surface area contributed by atoms with Crippen molar-refractivity contribution in [1.82, 2.24) is 0 Å². The fourth-order valence-electron chi connectivity index (χ4n) is 5.57. The van der Waals surface area contributed by atoms with E-state index in [2.05, 4.69) is 113 Å². The van der Waals surface area contributed by atoms with Crippen molar-refractivity contribution in [2.24, 2.45) is 0 Å². The summed E-state index contributed by atoms with van der Waals surface area (Å²) < 4.78 is 6.33. The Labute approximate surface area is 205 Å². The van der Waals surface area contributed by atoms with Crippen LogP contribution in [0, 0.1) is 20.8 Å². The van der Waals surface area contributed by atoms with E-state index in [1.807, 2.05) is 0 Å². The minimum absolute atomic E-state index is 0.785. The molecular weight excluding hydrogens is 428 g/mol. The predicted molar refractivity (Wildman–Crippen MR) is 148 cm³/mol. The first-order chi connectivity index (χ1) is 16.6. The van der Waals surface area contributed by atoms with Crippen LogP contribution in [0.1, 0.15) is 42.9 Å². The van der Waals surface area contributed by atoms with Crippen molar-refractivity contribution in [2.75, 3.05) is 6.61 Å². The van der Waals surface area contributed by atoms with Gasteiger partial charge in [-0.2, -0.15) is 0 Å². The normalized spacial score (nSPS) is 13.4. The van der Waals surface area contributed by atoms with Crippen molar-refractivity contribution in [2.45, 2.75) is 47.0 Å². The van der Waals surface area contributed by atoms with Gasteiger partial charge in [-0.05, 0) is 81.8 Å². The highest BCUT2D eigenvalue weighted by Crippen LogP contribution is 2.34. The van der Waals surface area contributed by atoms with Gasteiger partial charge in [0.25, 0.3) is 0 Å². The molecule has 1 nitrogen and oxygen atoms in total. The number of rotatable bonds is 7. The van der Waals surface area contributed by atoms with E-state index >= 15 is 0 Å². The van der Waals surface area contributed by atoms with Crippen molar-refractivity contribution in [3.63, 3.8) is 0 Å². The van der Waals surface area contributed by atoms with E-state index in [9.17, 15) is 0 Å². The third kappa shape index (κ3) is 3.61. The number of hydrogen-bond donors (Lipinski definition) is 0. The summed E-state index contributed by atoms with van der Waals surface area (Å²) in [6.45, 7) is 9.72. The van der Waals surface area contributed by atoms with Gasteiger partial charge in [0.2, 0.25) is 0 Å². The molecule has 0 saturated heterocycles. The summed E-state index contributed by atoms with van der Waals surface area (Å²) in [5.74, 6) is 1.03. The van der Waals surface area contributed by atoms with Crippen LogP contribution in [0.2, 0.25) is 0 Å². The maximum atomic E-state index is 6.33. The van der Waals surface area contributed by atoms with E-state index in [1.54, 1.807) is 0 Å². The van der Waals surface area contributed by atoms with Gasteiger partial charge in [0.05, 0.1) is 6.61 Å². The van der Waals surface area contributed by atoms with Crippen molar-refractivity contribution < 1.29 is 4.74 Å². The van der Waals surface area contributed by atoms with Crippen molar-refractivity contribution in [1.29, 1.82) is 0 Å². The Hall–Kier alpha value is -3.10. The second-order valence-corrected chi connectivity index (χ2v) is 13.4. The highest BCUT2D eigenvalue weighted by molar-refractivity contribution is 7.22. The van der Waals surface area contributed by atoms with E-state index in [0.717, 1.165) is 18.8 Å². The van der Waals surface area contributed by atoms with Gasteiger partial charge >= 0.3 is 0 Å². The molecule has 0 radical (unpaired) electrons. The highest BCUT2D eigenvalue weighted by Gasteiger charge is 2.49. The molecule has 5 rings (SSSR count). The van der Waals surface area contributed by atoms with Crippen LogP contribution in [0.5, 0.6) is 5.75 Å². The summed E-state index contributed by atoms with van der Waals surface area (Å²) in [6, 6.07) is 32.1. The molecule has 4 aromatic carbocycles. The number of ether oxygens (including phenoxy) is 1. The minimum Gasteiger partial charge on any atom is -0.493 e. The first-order valence-electron chi connectivity index (χ1n) is 12.6. The summed E-state index contributed by atoms with van der Waals surface area (Å²) >= 11 is 0. The zero-order valence-electron chi connectivity index (χ0n) is 20.8. The SMILES string of the molecule is CCCCCOc1cc2c(cc1C)[Si](c1ccccc1)(c1ccccc1)c1cc(C)c(C)cc1-2. The molecule has 0 spiro atoms. The number of benzene rings is 4. The number of hydrogen-bond acceptors (Lipinski definition) is 1. The van der Waals surface area contributed by atoms with Crippen molar-refractivity contribution in [3.05, 3.63) is 102 Å². The Kier molecular flexibility index (Phi) is 6.18. The molecule has 1 aliphatic rings. The van der Waals surface area contributed by atoms with Crippen LogP contribution in [0.25, 0.3) is 11.1 Å². The Bertz CT molecular complexity index is 1270. The third-order valence-electron chi connectivity index (χ3n) is 7.47. The summed E-state index contributed by atoms with van der Waals surface area (Å²) in [5, 5.41) is 5.88. The summed E-state index contributed by atoms with van der Waals surface area (Å²) in [6.07, 6.45) is 3.53. The fraction of sp³-hybridized carbons (Fsp3) is 0.250. The average Bonchev–Trinajstić information content (AvgIpc) is 3.12. The van der Waals surface area contributed by atoms with E-state index < -0.39 is 8.07 Å². The molecule has 0 bridgehead atoms. The first kappa shape index (κ1) is 22.7. The van der Waals surface area contributed by atoms with E-state index in [-0.39, 0.29) is 0 Å². The van der Waals surface area contributed by atoms with Crippen LogP contribution in [-0.4, -0.2) is 14.7 Å². The topological polar surface area (TPSA) is 9.23 Å². The smallest absolute Gasteiger partial charge is 0.180 e. The molecule has 0 N–H and O–H groups in total. The maximum absolute atomic E-state index is 6.33. The molecule has 0 atom stereocenters.